The fourth-order valence-corrected chi connectivity index (χ4v) is 3.42. The number of benzene rings is 1. The van der Waals surface area contributed by atoms with E-state index in [0.717, 1.165) is 36.6 Å². The van der Waals surface area contributed by atoms with Gasteiger partial charge in [0.2, 0.25) is 0 Å². The van der Waals surface area contributed by atoms with Crippen molar-refractivity contribution >= 4 is 50.7 Å². The van der Waals surface area contributed by atoms with Gasteiger partial charge in [0.1, 0.15) is 0 Å². The molecule has 144 valence electrons. The number of aliphatic imine (C=N–C) groups is 1. The molecule has 0 aliphatic carbocycles. The highest BCUT2D eigenvalue weighted by Gasteiger charge is 2.19. The molecule has 26 heavy (non-hydrogen) atoms. The average molecular weight is 436 g/mol. The van der Waals surface area contributed by atoms with Crippen LogP contribution in [-0.2, 0) is 16.7 Å². The first-order chi connectivity index (χ1) is 12.1. The van der Waals surface area contributed by atoms with E-state index >= 15 is 0 Å². The van der Waals surface area contributed by atoms with Crippen LogP contribution in [0.3, 0.4) is 0 Å². The number of nitrogens with zero attached hydrogens (tertiary/aromatic N) is 1. The molecule has 1 unspecified atom stereocenters. The minimum absolute atomic E-state index is 0. The largest absolute Gasteiger partial charge is 0.493 e. The molecule has 1 aliphatic rings. The molecule has 0 spiro atoms. The molecule has 3 rings (SSSR count). The smallest absolute Gasteiger partial charge is 0.162 e. The molecule has 1 aromatic heterocycles. The van der Waals surface area contributed by atoms with E-state index in [1.54, 1.807) is 18.4 Å². The zero-order valence-corrected chi connectivity index (χ0v) is 18.9. The van der Waals surface area contributed by atoms with Crippen LogP contribution < -0.4 is 9.47 Å². The van der Waals surface area contributed by atoms with Crippen LogP contribution in [0, 0.1) is 0 Å². The highest BCUT2D eigenvalue weighted by Crippen LogP contribution is 2.34. The highest BCUT2D eigenvalue weighted by molar-refractivity contribution is 7.10. The van der Waals surface area contributed by atoms with Crippen LogP contribution in [0.15, 0.2) is 34.6 Å². The van der Waals surface area contributed by atoms with Gasteiger partial charge in [-0.25, -0.2) is 0 Å². The predicted molar refractivity (Wildman–Crippen MR) is 116 cm³/mol. The first kappa shape index (κ1) is 23.2. The predicted octanol–water partition coefficient (Wildman–Crippen LogP) is 5.50. The minimum atomic E-state index is 0. The van der Waals surface area contributed by atoms with Gasteiger partial charge < -0.3 is 9.47 Å². The highest BCUT2D eigenvalue weighted by atomic mass is 35.6. The Labute approximate surface area is 172 Å². The summed E-state index contributed by atoms with van der Waals surface area (Å²) < 4.78 is 14.6. The molecular weight excluding hydrogens is 412 g/mol. The Morgan fingerprint density at radius 1 is 1.23 bits per heavy atom. The lowest BCUT2D eigenvalue weighted by molar-refractivity contribution is 0.230. The number of thiophene rings is 1. The Bertz CT molecular complexity index is 709. The summed E-state index contributed by atoms with van der Waals surface area (Å²) >= 11 is 10.3. The molecule has 1 aromatic carbocycles. The fraction of sp³-hybridized carbons (Fsp3) is 0.389. The van der Waals surface area contributed by atoms with E-state index in [9.17, 15) is 0 Å². The van der Waals surface area contributed by atoms with Gasteiger partial charge in [-0.15, -0.1) is 11.3 Å². The van der Waals surface area contributed by atoms with Crippen molar-refractivity contribution in [1.29, 1.82) is 0 Å². The van der Waals surface area contributed by atoms with E-state index in [4.69, 9.17) is 14.5 Å². The number of hydrogen-bond acceptors (Lipinski definition) is 5. The Hall–Kier alpha value is -0.840. The van der Waals surface area contributed by atoms with E-state index in [1.165, 1.54) is 16.0 Å². The van der Waals surface area contributed by atoms with Crippen molar-refractivity contribution in [2.75, 3.05) is 13.7 Å². The van der Waals surface area contributed by atoms with Gasteiger partial charge in [0.25, 0.3) is 0 Å². The molecule has 1 atom stereocenters. The number of hydrogen-bond donors (Lipinski definition) is 0. The average Bonchev–Trinajstić information content (AvgIpc) is 3.08. The van der Waals surface area contributed by atoms with Crippen molar-refractivity contribution in [3.8, 4) is 11.5 Å². The summed E-state index contributed by atoms with van der Waals surface area (Å²) in [4.78, 5) is 6.09. The molecule has 8 heteroatoms. The molecule has 0 radical (unpaired) electrons. The molecule has 0 amide bonds. The van der Waals surface area contributed by atoms with Gasteiger partial charge in [0.05, 0.1) is 36.9 Å². The zero-order valence-electron chi connectivity index (χ0n) is 15.1. The van der Waals surface area contributed by atoms with Gasteiger partial charge >= 0.3 is 0 Å². The first-order valence-corrected chi connectivity index (χ1v) is 9.41. The number of fused-ring (bicyclic) bond motifs is 1. The number of methoxy groups -OCH3 is 1. The standard InChI is InChI=1S/C18H21NO2S.Cl2O.H3P/c1-12(2)21-18-11-15-13(9-17(18)20-3)6-7-19-16(15)10-14-5-4-8-22-14;1-3-2;/h4-5,8-9,11-12H,6-7,10H2,1-3H3;;1H3. The lowest BCUT2D eigenvalue weighted by Crippen LogP contribution is -2.16. The van der Waals surface area contributed by atoms with Gasteiger partial charge in [-0.1, -0.05) is 6.07 Å². The molecule has 2 heterocycles. The molecular formula is C18H24Cl2NO3PS. The van der Waals surface area contributed by atoms with Crippen molar-refractivity contribution in [3.63, 3.8) is 0 Å². The third-order valence-corrected chi connectivity index (χ3v) is 4.55. The Morgan fingerprint density at radius 3 is 2.54 bits per heavy atom. The van der Waals surface area contributed by atoms with E-state index in [0.29, 0.717) is 0 Å². The summed E-state index contributed by atoms with van der Waals surface area (Å²) in [6.45, 7) is 4.90. The van der Waals surface area contributed by atoms with Crippen LogP contribution in [0.25, 0.3) is 0 Å². The maximum Gasteiger partial charge on any atom is 0.162 e. The normalized spacial score (nSPS) is 12.3. The van der Waals surface area contributed by atoms with Crippen LogP contribution in [0.4, 0.5) is 0 Å². The van der Waals surface area contributed by atoms with Crippen molar-refractivity contribution in [2.24, 2.45) is 4.99 Å². The summed E-state index contributed by atoms with van der Waals surface area (Å²) in [5, 5.41) is 2.11. The van der Waals surface area contributed by atoms with Crippen molar-refractivity contribution in [2.45, 2.75) is 32.8 Å². The third kappa shape index (κ3) is 6.40. The number of halogens is 2. The molecule has 0 N–H and O–H groups in total. The quantitative estimate of drug-likeness (QED) is 0.581. The topological polar surface area (TPSA) is 40.0 Å². The lowest BCUT2D eigenvalue weighted by Gasteiger charge is -2.21. The van der Waals surface area contributed by atoms with Crippen molar-refractivity contribution in [3.05, 3.63) is 45.6 Å². The van der Waals surface area contributed by atoms with Gasteiger partial charge in [0.15, 0.2) is 11.5 Å². The monoisotopic (exact) mass is 435 g/mol. The molecule has 0 bridgehead atoms. The van der Waals surface area contributed by atoms with Crippen LogP contribution in [0.1, 0.15) is 29.9 Å². The Morgan fingerprint density at radius 2 is 1.96 bits per heavy atom. The van der Waals surface area contributed by atoms with Crippen LogP contribution in [-0.4, -0.2) is 25.5 Å². The Kier molecular flexibility index (Phi) is 10.5. The summed E-state index contributed by atoms with van der Waals surface area (Å²) in [5.74, 6) is 1.61. The molecule has 2 aromatic rings. The molecule has 0 saturated heterocycles. The second kappa shape index (κ2) is 11.8. The first-order valence-electron chi connectivity index (χ1n) is 7.92. The molecule has 1 aliphatic heterocycles. The van der Waals surface area contributed by atoms with Crippen molar-refractivity contribution < 1.29 is 13.3 Å². The minimum Gasteiger partial charge on any atom is -0.493 e. The van der Waals surface area contributed by atoms with E-state index in [1.807, 2.05) is 13.8 Å². The summed E-state index contributed by atoms with van der Waals surface area (Å²) in [6.07, 6.45) is 1.97. The van der Waals surface area contributed by atoms with Gasteiger partial charge in [-0.2, -0.15) is 13.7 Å². The lowest BCUT2D eigenvalue weighted by atomic mass is 9.94. The zero-order chi connectivity index (χ0) is 18.2. The molecule has 0 saturated carbocycles. The second-order valence-electron chi connectivity index (χ2n) is 5.72. The Balaban J connectivity index is 0.000000791. The van der Waals surface area contributed by atoms with E-state index in [-0.39, 0.29) is 16.0 Å². The number of rotatable bonds is 5. The molecule has 4 nitrogen and oxygen atoms in total. The molecule has 0 fully saturated rings. The van der Waals surface area contributed by atoms with Crippen LogP contribution >= 0.6 is 45.0 Å². The summed E-state index contributed by atoms with van der Waals surface area (Å²) in [5.41, 5.74) is 3.66. The summed E-state index contributed by atoms with van der Waals surface area (Å²) in [7, 11) is 1.69. The third-order valence-electron chi connectivity index (χ3n) is 3.67. The maximum absolute atomic E-state index is 5.91. The SMILES string of the molecule is COc1cc2c(cc1OC(C)C)C(Cc1cccs1)=NCC2.ClOCl.P. The van der Waals surface area contributed by atoms with Gasteiger partial charge in [0, 0.05) is 29.1 Å². The second-order valence-corrected chi connectivity index (χ2v) is 7.22. The summed E-state index contributed by atoms with van der Waals surface area (Å²) in [6, 6.07) is 8.46. The van der Waals surface area contributed by atoms with Crippen molar-refractivity contribution in [1.82, 2.24) is 0 Å². The van der Waals surface area contributed by atoms with Crippen LogP contribution in [0.5, 0.6) is 11.5 Å². The van der Waals surface area contributed by atoms with E-state index in [2.05, 4.69) is 57.2 Å². The van der Waals surface area contributed by atoms with Gasteiger partial charge in [-0.05, 0) is 49.4 Å². The van der Waals surface area contributed by atoms with Gasteiger partial charge in [-0.3, -0.25) is 4.99 Å². The maximum atomic E-state index is 5.91. The van der Waals surface area contributed by atoms with Crippen LogP contribution in [0.2, 0.25) is 0 Å². The number of ether oxygens (including phenoxy) is 2. The fourth-order valence-electron chi connectivity index (χ4n) is 2.71. The van der Waals surface area contributed by atoms with E-state index < -0.39 is 0 Å².